The summed E-state index contributed by atoms with van der Waals surface area (Å²) in [5.41, 5.74) is 4.25. The maximum absolute atomic E-state index is 13.9. The zero-order chi connectivity index (χ0) is 28.6. The Balaban J connectivity index is 2.00. The highest BCUT2D eigenvalue weighted by Gasteiger charge is 2.32. The van der Waals surface area contributed by atoms with E-state index in [1.807, 2.05) is 58.0 Å². The first-order valence-electron chi connectivity index (χ1n) is 13.3. The molecule has 39 heavy (non-hydrogen) atoms. The van der Waals surface area contributed by atoms with Crippen molar-refractivity contribution < 1.29 is 18.0 Å². The fourth-order valence-corrected chi connectivity index (χ4v) is 5.57. The van der Waals surface area contributed by atoms with Crippen LogP contribution in [0.5, 0.6) is 0 Å². The van der Waals surface area contributed by atoms with Crippen molar-refractivity contribution in [3.05, 3.63) is 95.1 Å². The van der Waals surface area contributed by atoms with Crippen molar-refractivity contribution >= 4 is 27.5 Å². The molecule has 0 bridgehead atoms. The highest BCUT2D eigenvalue weighted by atomic mass is 32.2. The first-order valence-corrected chi connectivity index (χ1v) is 14.8. The second-order valence-corrected chi connectivity index (χ2v) is 11.8. The molecule has 1 atom stereocenters. The number of sulfonamides is 1. The molecule has 0 aliphatic carbocycles. The van der Waals surface area contributed by atoms with Crippen molar-refractivity contribution in [1.29, 1.82) is 0 Å². The molecule has 0 radical (unpaired) electrons. The maximum Gasteiger partial charge on any atom is 0.264 e. The van der Waals surface area contributed by atoms with E-state index in [0.717, 1.165) is 39.4 Å². The van der Waals surface area contributed by atoms with Crippen LogP contribution in [0.4, 0.5) is 5.69 Å². The van der Waals surface area contributed by atoms with Crippen LogP contribution in [0.3, 0.4) is 0 Å². The quantitative estimate of drug-likeness (QED) is 0.317. The summed E-state index contributed by atoms with van der Waals surface area (Å²) in [6.07, 6.45) is 1.77. The lowest BCUT2D eigenvalue weighted by molar-refractivity contribution is -0.139. The van der Waals surface area contributed by atoms with Gasteiger partial charge in [-0.3, -0.25) is 13.9 Å². The molecule has 208 valence electrons. The third kappa shape index (κ3) is 7.69. The number of anilines is 1. The minimum atomic E-state index is -4.07. The van der Waals surface area contributed by atoms with Crippen LogP contribution in [0, 0.1) is 20.8 Å². The fraction of sp³-hybridized carbons (Fsp3) is 0.355. The molecular formula is C31H39N3O4S. The van der Waals surface area contributed by atoms with Crippen LogP contribution in [0.25, 0.3) is 0 Å². The van der Waals surface area contributed by atoms with E-state index in [0.29, 0.717) is 12.2 Å². The number of nitrogens with one attached hydrogen (secondary N) is 1. The van der Waals surface area contributed by atoms with Crippen molar-refractivity contribution in [2.75, 3.05) is 17.4 Å². The summed E-state index contributed by atoms with van der Waals surface area (Å²) in [5.74, 6) is -0.737. The zero-order valence-corrected chi connectivity index (χ0v) is 24.3. The van der Waals surface area contributed by atoms with Gasteiger partial charge in [0.2, 0.25) is 11.8 Å². The van der Waals surface area contributed by atoms with Crippen molar-refractivity contribution in [2.45, 2.75) is 64.9 Å². The van der Waals surface area contributed by atoms with Gasteiger partial charge in [0, 0.05) is 13.1 Å². The highest BCUT2D eigenvalue weighted by Crippen LogP contribution is 2.26. The van der Waals surface area contributed by atoms with E-state index in [-0.39, 0.29) is 17.3 Å². The van der Waals surface area contributed by atoms with Crippen molar-refractivity contribution in [3.8, 4) is 0 Å². The van der Waals surface area contributed by atoms with Crippen LogP contribution < -0.4 is 9.62 Å². The number of hydrogen-bond donors (Lipinski definition) is 1. The average molecular weight is 550 g/mol. The summed E-state index contributed by atoms with van der Waals surface area (Å²) in [4.78, 5) is 28.5. The van der Waals surface area contributed by atoms with Gasteiger partial charge in [-0.05, 0) is 75.1 Å². The lowest BCUT2D eigenvalue weighted by Gasteiger charge is -2.32. The average Bonchev–Trinajstić information content (AvgIpc) is 2.93. The molecule has 1 N–H and O–H groups in total. The number of hydrogen-bond acceptors (Lipinski definition) is 4. The van der Waals surface area contributed by atoms with E-state index < -0.39 is 28.5 Å². The molecule has 0 heterocycles. The number of nitrogens with zero attached hydrogens (tertiary/aromatic N) is 2. The summed E-state index contributed by atoms with van der Waals surface area (Å²) in [7, 11) is -4.07. The van der Waals surface area contributed by atoms with Gasteiger partial charge >= 0.3 is 0 Å². The van der Waals surface area contributed by atoms with Crippen LogP contribution in [0.1, 0.15) is 48.9 Å². The second kappa shape index (κ2) is 13.4. The number of amides is 2. The van der Waals surface area contributed by atoms with Crippen LogP contribution >= 0.6 is 0 Å². The number of carbonyl (C=O) groups excluding carboxylic acids is 2. The fourth-order valence-electron chi connectivity index (χ4n) is 4.14. The third-order valence-electron chi connectivity index (χ3n) is 6.86. The second-order valence-electron chi connectivity index (χ2n) is 9.92. The van der Waals surface area contributed by atoms with Gasteiger partial charge in [0.15, 0.2) is 0 Å². The van der Waals surface area contributed by atoms with Crippen molar-refractivity contribution in [2.24, 2.45) is 0 Å². The number of unbranched alkanes of at least 4 members (excludes halogenated alkanes) is 1. The number of carbonyl (C=O) groups is 2. The molecule has 3 aromatic carbocycles. The molecule has 3 aromatic rings. The molecule has 0 spiro atoms. The summed E-state index contributed by atoms with van der Waals surface area (Å²) < 4.78 is 28.8. The Hall–Kier alpha value is -3.65. The van der Waals surface area contributed by atoms with Gasteiger partial charge in [-0.2, -0.15) is 0 Å². The van der Waals surface area contributed by atoms with Gasteiger partial charge in [0.05, 0.1) is 10.6 Å². The Labute approximate surface area is 232 Å². The normalized spacial score (nSPS) is 12.0. The Morgan fingerprint density at radius 3 is 2.18 bits per heavy atom. The van der Waals surface area contributed by atoms with Gasteiger partial charge in [-0.1, -0.05) is 67.4 Å². The van der Waals surface area contributed by atoms with Crippen LogP contribution in [0.15, 0.2) is 77.7 Å². The summed E-state index contributed by atoms with van der Waals surface area (Å²) in [6.45, 7) is 9.79. The topological polar surface area (TPSA) is 86.8 Å². The van der Waals surface area contributed by atoms with E-state index >= 15 is 0 Å². The van der Waals surface area contributed by atoms with E-state index in [9.17, 15) is 18.0 Å². The molecule has 1 unspecified atom stereocenters. The highest BCUT2D eigenvalue weighted by molar-refractivity contribution is 7.92. The molecule has 8 heteroatoms. The predicted octanol–water partition coefficient (Wildman–Crippen LogP) is 5.14. The first-order chi connectivity index (χ1) is 18.5. The van der Waals surface area contributed by atoms with E-state index in [1.54, 1.807) is 37.3 Å². The lowest BCUT2D eigenvalue weighted by atomic mass is 10.1. The Bertz CT molecular complexity index is 1370. The Morgan fingerprint density at radius 2 is 1.56 bits per heavy atom. The minimum Gasteiger partial charge on any atom is -0.354 e. The first kappa shape index (κ1) is 29.9. The van der Waals surface area contributed by atoms with E-state index in [1.165, 1.54) is 17.0 Å². The number of aryl methyl sites for hydroxylation is 3. The molecule has 0 saturated heterocycles. The van der Waals surface area contributed by atoms with Crippen molar-refractivity contribution in [1.82, 2.24) is 10.2 Å². The summed E-state index contributed by atoms with van der Waals surface area (Å²) in [6, 6.07) is 20.3. The van der Waals surface area contributed by atoms with Gasteiger partial charge in [-0.15, -0.1) is 0 Å². The predicted molar refractivity (Wildman–Crippen MR) is 156 cm³/mol. The minimum absolute atomic E-state index is 0.0893. The van der Waals surface area contributed by atoms with Gasteiger partial charge in [0.1, 0.15) is 12.6 Å². The Kier molecular flexibility index (Phi) is 10.3. The molecule has 0 aliphatic rings. The van der Waals surface area contributed by atoms with Crippen LogP contribution in [-0.4, -0.2) is 44.3 Å². The number of rotatable bonds is 12. The molecule has 0 aliphatic heterocycles. The molecule has 2 amide bonds. The maximum atomic E-state index is 13.9. The van der Waals surface area contributed by atoms with Gasteiger partial charge in [0.25, 0.3) is 10.0 Å². The van der Waals surface area contributed by atoms with Crippen LogP contribution in [-0.2, 0) is 26.2 Å². The number of benzene rings is 3. The molecule has 0 aromatic heterocycles. The summed E-state index contributed by atoms with van der Waals surface area (Å²) in [5, 5.41) is 2.90. The molecular weight excluding hydrogens is 510 g/mol. The third-order valence-corrected chi connectivity index (χ3v) is 8.65. The molecule has 0 saturated carbocycles. The SMILES string of the molecule is CCCCNC(=O)C(C)N(Cc1ccc(C)cc1)C(=O)CN(c1ccc(C)c(C)c1)S(=O)(=O)c1ccccc1. The van der Waals surface area contributed by atoms with Gasteiger partial charge in [-0.25, -0.2) is 8.42 Å². The van der Waals surface area contributed by atoms with Gasteiger partial charge < -0.3 is 10.2 Å². The van der Waals surface area contributed by atoms with Crippen LogP contribution in [0.2, 0.25) is 0 Å². The lowest BCUT2D eigenvalue weighted by Crippen LogP contribution is -2.51. The van der Waals surface area contributed by atoms with Crippen molar-refractivity contribution in [3.63, 3.8) is 0 Å². The standard InChI is InChI=1S/C31H39N3O4S/c1-6-7-19-32-31(36)26(5)33(21-27-16-13-23(2)14-17-27)30(35)22-34(28-18-15-24(3)25(4)20-28)39(37,38)29-11-9-8-10-12-29/h8-18,20,26H,6-7,19,21-22H2,1-5H3,(H,32,36). The zero-order valence-electron chi connectivity index (χ0n) is 23.5. The molecule has 0 fully saturated rings. The Morgan fingerprint density at radius 1 is 0.897 bits per heavy atom. The molecule has 3 rings (SSSR count). The largest absolute Gasteiger partial charge is 0.354 e. The summed E-state index contributed by atoms with van der Waals surface area (Å²) >= 11 is 0. The van der Waals surface area contributed by atoms with E-state index in [4.69, 9.17) is 0 Å². The smallest absolute Gasteiger partial charge is 0.264 e. The monoisotopic (exact) mass is 549 g/mol. The van der Waals surface area contributed by atoms with E-state index in [2.05, 4.69) is 5.32 Å². The molecule has 7 nitrogen and oxygen atoms in total.